The Morgan fingerprint density at radius 1 is 1.35 bits per heavy atom. The highest BCUT2D eigenvalue weighted by molar-refractivity contribution is 5.86. The summed E-state index contributed by atoms with van der Waals surface area (Å²) in [6, 6.07) is 8.07. The van der Waals surface area contributed by atoms with Crippen molar-refractivity contribution in [1.29, 1.82) is 0 Å². The second-order valence-corrected chi connectivity index (χ2v) is 3.90. The van der Waals surface area contributed by atoms with Crippen LogP contribution in [-0.2, 0) is 16.0 Å². The number of fused-ring (bicyclic) bond motifs is 1. The molecule has 0 fully saturated rings. The van der Waals surface area contributed by atoms with Crippen molar-refractivity contribution in [3.05, 3.63) is 36.0 Å². The van der Waals surface area contributed by atoms with Gasteiger partial charge in [-0.1, -0.05) is 18.2 Å². The summed E-state index contributed by atoms with van der Waals surface area (Å²) in [5.74, 6) is -0.222. The van der Waals surface area contributed by atoms with Gasteiger partial charge in [0.05, 0.1) is 0 Å². The van der Waals surface area contributed by atoms with Gasteiger partial charge in [0.2, 0.25) is 12.3 Å². The van der Waals surface area contributed by atoms with Crippen LogP contribution in [0.5, 0.6) is 0 Å². The highest BCUT2D eigenvalue weighted by Gasteiger charge is 2.04. The lowest BCUT2D eigenvalue weighted by atomic mass is 10.1. The first-order valence-electron chi connectivity index (χ1n) is 5.59. The SMILES string of the molecule is O=CNC(=O)CCCc1c[nH]c2ccccc12. The fourth-order valence-corrected chi connectivity index (χ4v) is 1.92. The second kappa shape index (κ2) is 5.30. The van der Waals surface area contributed by atoms with Crippen LogP contribution in [0.4, 0.5) is 0 Å². The van der Waals surface area contributed by atoms with Crippen LogP contribution in [0.15, 0.2) is 30.5 Å². The average molecular weight is 230 g/mol. The van der Waals surface area contributed by atoms with E-state index >= 15 is 0 Å². The van der Waals surface area contributed by atoms with Crippen LogP contribution in [0, 0.1) is 0 Å². The molecule has 0 unspecified atom stereocenters. The molecule has 1 aromatic carbocycles. The van der Waals surface area contributed by atoms with E-state index in [1.807, 2.05) is 24.4 Å². The van der Waals surface area contributed by atoms with Gasteiger partial charge in [-0.3, -0.25) is 14.9 Å². The molecule has 0 radical (unpaired) electrons. The monoisotopic (exact) mass is 230 g/mol. The second-order valence-electron chi connectivity index (χ2n) is 3.90. The molecule has 0 saturated heterocycles. The van der Waals surface area contributed by atoms with Gasteiger partial charge in [-0.25, -0.2) is 0 Å². The highest BCUT2D eigenvalue weighted by atomic mass is 16.2. The third-order valence-electron chi connectivity index (χ3n) is 2.74. The molecule has 0 atom stereocenters. The summed E-state index contributed by atoms with van der Waals surface area (Å²) < 4.78 is 0. The normalized spacial score (nSPS) is 10.4. The van der Waals surface area contributed by atoms with Crippen LogP contribution in [0.2, 0.25) is 0 Å². The van der Waals surface area contributed by atoms with Crippen LogP contribution in [0.1, 0.15) is 18.4 Å². The number of aromatic amines is 1. The number of rotatable bonds is 5. The van der Waals surface area contributed by atoms with E-state index < -0.39 is 0 Å². The molecule has 0 aliphatic heterocycles. The molecule has 0 aliphatic rings. The fraction of sp³-hybridized carbons (Fsp3) is 0.231. The zero-order valence-electron chi connectivity index (χ0n) is 9.40. The van der Waals surface area contributed by atoms with E-state index in [0.717, 1.165) is 18.4 Å². The van der Waals surface area contributed by atoms with Crippen molar-refractivity contribution < 1.29 is 9.59 Å². The summed E-state index contributed by atoms with van der Waals surface area (Å²) >= 11 is 0. The van der Waals surface area contributed by atoms with E-state index in [4.69, 9.17) is 0 Å². The Bertz CT molecular complexity index is 531. The highest BCUT2D eigenvalue weighted by Crippen LogP contribution is 2.19. The number of nitrogens with one attached hydrogen (secondary N) is 2. The number of H-pyrrole nitrogens is 1. The standard InChI is InChI=1S/C13H14N2O2/c16-9-15-13(17)7-3-4-10-8-14-12-6-2-1-5-11(10)12/h1-2,5-6,8-9,14H,3-4,7H2,(H,15,16,17). The van der Waals surface area contributed by atoms with E-state index in [9.17, 15) is 9.59 Å². The van der Waals surface area contributed by atoms with Gasteiger partial charge in [-0.2, -0.15) is 0 Å². The van der Waals surface area contributed by atoms with Crippen LogP contribution in [0.25, 0.3) is 10.9 Å². The number of imide groups is 1. The lowest BCUT2D eigenvalue weighted by Crippen LogP contribution is -2.20. The third-order valence-corrected chi connectivity index (χ3v) is 2.74. The number of hydrogen-bond donors (Lipinski definition) is 2. The molecule has 0 saturated carbocycles. The summed E-state index contributed by atoms with van der Waals surface area (Å²) in [6.07, 6.45) is 4.34. The number of carbonyl (C=O) groups excluding carboxylic acids is 2. The Morgan fingerprint density at radius 2 is 2.18 bits per heavy atom. The van der Waals surface area contributed by atoms with Gasteiger partial charge in [0.1, 0.15) is 0 Å². The van der Waals surface area contributed by atoms with Crippen molar-refractivity contribution >= 4 is 23.2 Å². The van der Waals surface area contributed by atoms with E-state index in [1.54, 1.807) is 0 Å². The Labute approximate surface area is 99.0 Å². The average Bonchev–Trinajstić information content (AvgIpc) is 2.73. The molecule has 0 bridgehead atoms. The van der Waals surface area contributed by atoms with Crippen LogP contribution >= 0.6 is 0 Å². The molecule has 1 heterocycles. The largest absolute Gasteiger partial charge is 0.361 e. The maximum Gasteiger partial charge on any atom is 0.226 e. The number of carbonyl (C=O) groups is 2. The van der Waals surface area contributed by atoms with E-state index in [1.165, 1.54) is 10.9 Å². The van der Waals surface area contributed by atoms with E-state index in [2.05, 4.69) is 16.4 Å². The van der Waals surface area contributed by atoms with Crippen LogP contribution < -0.4 is 5.32 Å². The maximum atomic E-state index is 11.1. The fourth-order valence-electron chi connectivity index (χ4n) is 1.92. The first kappa shape index (κ1) is 11.4. The summed E-state index contributed by atoms with van der Waals surface area (Å²) in [5, 5.41) is 3.33. The summed E-state index contributed by atoms with van der Waals surface area (Å²) in [4.78, 5) is 24.3. The third kappa shape index (κ3) is 2.72. The Morgan fingerprint density at radius 3 is 3.00 bits per heavy atom. The molecular weight excluding hydrogens is 216 g/mol. The van der Waals surface area contributed by atoms with Crippen molar-refractivity contribution in [1.82, 2.24) is 10.3 Å². The van der Waals surface area contributed by atoms with Crippen LogP contribution in [-0.4, -0.2) is 17.3 Å². The lowest BCUT2D eigenvalue weighted by Gasteiger charge is -1.99. The van der Waals surface area contributed by atoms with Gasteiger partial charge in [-0.15, -0.1) is 0 Å². The number of aryl methyl sites for hydroxylation is 1. The lowest BCUT2D eigenvalue weighted by molar-refractivity contribution is -0.125. The van der Waals surface area contributed by atoms with E-state index in [0.29, 0.717) is 12.8 Å². The molecule has 88 valence electrons. The van der Waals surface area contributed by atoms with E-state index in [-0.39, 0.29) is 5.91 Å². The molecule has 2 rings (SSSR count). The van der Waals surface area contributed by atoms with Gasteiger partial charge >= 0.3 is 0 Å². The molecule has 1 aromatic heterocycles. The van der Waals surface area contributed by atoms with Gasteiger partial charge in [0.15, 0.2) is 0 Å². The molecule has 2 amide bonds. The predicted octanol–water partition coefficient (Wildman–Crippen LogP) is 1.76. The van der Waals surface area contributed by atoms with Crippen molar-refractivity contribution in [3.8, 4) is 0 Å². The number of aromatic nitrogens is 1. The molecule has 0 spiro atoms. The smallest absolute Gasteiger partial charge is 0.226 e. The molecule has 4 heteroatoms. The number of hydrogen-bond acceptors (Lipinski definition) is 2. The minimum absolute atomic E-state index is 0.222. The Kier molecular flexibility index (Phi) is 3.55. The molecule has 17 heavy (non-hydrogen) atoms. The zero-order chi connectivity index (χ0) is 12.1. The summed E-state index contributed by atoms with van der Waals surface area (Å²) in [6.45, 7) is 0. The van der Waals surface area contributed by atoms with Gasteiger partial charge in [0.25, 0.3) is 0 Å². The molecule has 0 aliphatic carbocycles. The predicted molar refractivity (Wildman–Crippen MR) is 65.4 cm³/mol. The van der Waals surface area contributed by atoms with Crippen molar-refractivity contribution in [2.24, 2.45) is 0 Å². The van der Waals surface area contributed by atoms with Gasteiger partial charge < -0.3 is 4.98 Å². The van der Waals surface area contributed by atoms with Crippen molar-refractivity contribution in [2.75, 3.05) is 0 Å². The van der Waals surface area contributed by atoms with Gasteiger partial charge in [-0.05, 0) is 24.5 Å². The number of amides is 2. The summed E-state index contributed by atoms with van der Waals surface area (Å²) in [7, 11) is 0. The minimum Gasteiger partial charge on any atom is -0.361 e. The quantitative estimate of drug-likeness (QED) is 0.769. The van der Waals surface area contributed by atoms with Crippen molar-refractivity contribution in [3.63, 3.8) is 0 Å². The molecule has 2 aromatic rings. The minimum atomic E-state index is -0.222. The first-order chi connectivity index (χ1) is 8.31. The Hall–Kier alpha value is -2.10. The van der Waals surface area contributed by atoms with Crippen LogP contribution in [0.3, 0.4) is 0 Å². The number of benzene rings is 1. The topological polar surface area (TPSA) is 62.0 Å². The summed E-state index contributed by atoms with van der Waals surface area (Å²) in [5.41, 5.74) is 2.32. The van der Waals surface area contributed by atoms with Gasteiger partial charge in [0, 0.05) is 23.5 Å². The molecule has 2 N–H and O–H groups in total. The van der Waals surface area contributed by atoms with Crippen molar-refractivity contribution in [2.45, 2.75) is 19.3 Å². The molecular formula is C13H14N2O2. The maximum absolute atomic E-state index is 11.1. The Balaban J connectivity index is 1.95. The zero-order valence-corrected chi connectivity index (χ0v) is 9.40. The molecule has 4 nitrogen and oxygen atoms in total. The first-order valence-corrected chi connectivity index (χ1v) is 5.59. The number of para-hydroxylation sites is 1.